The van der Waals surface area contributed by atoms with Gasteiger partial charge < -0.3 is 15.4 Å². The van der Waals surface area contributed by atoms with Gasteiger partial charge in [-0.3, -0.25) is 4.90 Å². The van der Waals surface area contributed by atoms with Crippen LogP contribution in [0.4, 0.5) is 10.5 Å². The number of hydrogen-bond donors (Lipinski definition) is 2. The lowest BCUT2D eigenvalue weighted by atomic mass is 10.1. The number of carbonyl (C=O) groups excluding carboxylic acids is 1. The molecule has 0 unspecified atom stereocenters. The lowest BCUT2D eigenvalue weighted by Crippen LogP contribution is -2.39. The van der Waals surface area contributed by atoms with Crippen molar-refractivity contribution in [3.8, 4) is 5.75 Å². The minimum Gasteiger partial charge on any atom is -0.497 e. The summed E-state index contributed by atoms with van der Waals surface area (Å²) in [5.74, 6) is 0.764. The van der Waals surface area contributed by atoms with E-state index in [1.807, 2.05) is 24.3 Å². The summed E-state index contributed by atoms with van der Waals surface area (Å²) < 4.78 is 5.11. The average Bonchev–Trinajstić information content (AvgIpc) is 3.13. The van der Waals surface area contributed by atoms with Crippen molar-refractivity contribution in [3.63, 3.8) is 0 Å². The zero-order valence-corrected chi connectivity index (χ0v) is 15.2. The third kappa shape index (κ3) is 4.97. The first-order chi connectivity index (χ1) is 11.7. The van der Waals surface area contributed by atoms with Crippen LogP contribution >= 0.6 is 11.3 Å². The molecule has 0 saturated heterocycles. The Bertz CT molecular complexity index is 610. The first kappa shape index (κ1) is 18.3. The summed E-state index contributed by atoms with van der Waals surface area (Å²) in [5, 5.41) is 10.0. The molecule has 0 aliphatic carbocycles. The quantitative estimate of drug-likeness (QED) is 0.760. The lowest BCUT2D eigenvalue weighted by molar-refractivity contribution is 0.210. The highest BCUT2D eigenvalue weighted by molar-refractivity contribution is 7.07. The van der Waals surface area contributed by atoms with Crippen LogP contribution in [0.5, 0.6) is 5.75 Å². The topological polar surface area (TPSA) is 53.6 Å². The van der Waals surface area contributed by atoms with E-state index in [0.29, 0.717) is 6.54 Å². The van der Waals surface area contributed by atoms with Crippen molar-refractivity contribution in [2.45, 2.75) is 19.9 Å². The highest BCUT2D eigenvalue weighted by Crippen LogP contribution is 2.22. The van der Waals surface area contributed by atoms with Crippen molar-refractivity contribution in [1.82, 2.24) is 10.2 Å². The molecule has 130 valence electrons. The molecule has 0 spiro atoms. The highest BCUT2D eigenvalue weighted by Gasteiger charge is 2.19. The molecule has 6 heteroatoms. The molecule has 0 saturated carbocycles. The van der Waals surface area contributed by atoms with Gasteiger partial charge in [0.25, 0.3) is 0 Å². The lowest BCUT2D eigenvalue weighted by Gasteiger charge is -2.29. The molecule has 2 rings (SSSR count). The van der Waals surface area contributed by atoms with Gasteiger partial charge in [-0.25, -0.2) is 4.79 Å². The number of thiophene rings is 1. The fraction of sp³-hybridized carbons (Fsp3) is 0.389. The zero-order valence-electron chi connectivity index (χ0n) is 14.4. The van der Waals surface area contributed by atoms with E-state index in [2.05, 4.69) is 46.2 Å². The van der Waals surface area contributed by atoms with E-state index in [1.165, 1.54) is 5.56 Å². The molecule has 0 aliphatic heterocycles. The van der Waals surface area contributed by atoms with E-state index in [9.17, 15) is 4.79 Å². The maximum atomic E-state index is 12.2. The van der Waals surface area contributed by atoms with Crippen molar-refractivity contribution in [2.24, 2.45) is 0 Å². The summed E-state index contributed by atoms with van der Waals surface area (Å²) in [7, 11) is 1.62. The van der Waals surface area contributed by atoms with Gasteiger partial charge in [0.2, 0.25) is 0 Å². The van der Waals surface area contributed by atoms with E-state index in [0.717, 1.165) is 24.5 Å². The summed E-state index contributed by atoms with van der Waals surface area (Å²) in [4.78, 5) is 14.5. The number of likely N-dealkylation sites (N-methyl/N-ethyl adjacent to an activating group) is 1. The van der Waals surface area contributed by atoms with Gasteiger partial charge in [0.15, 0.2) is 0 Å². The van der Waals surface area contributed by atoms with Gasteiger partial charge in [-0.2, -0.15) is 11.3 Å². The summed E-state index contributed by atoms with van der Waals surface area (Å²) in [5.41, 5.74) is 1.98. The third-order valence-corrected chi connectivity index (χ3v) is 4.69. The second-order valence-corrected chi connectivity index (χ2v) is 6.14. The molecular weight excluding hydrogens is 322 g/mol. The Labute approximate surface area is 147 Å². The number of nitrogens with one attached hydrogen (secondary N) is 2. The van der Waals surface area contributed by atoms with Crippen molar-refractivity contribution in [3.05, 3.63) is 46.7 Å². The molecular formula is C18H25N3O2S. The Balaban J connectivity index is 1.94. The second kappa shape index (κ2) is 9.30. The molecule has 0 aliphatic rings. The number of hydrogen-bond acceptors (Lipinski definition) is 4. The van der Waals surface area contributed by atoms with Crippen LogP contribution in [-0.2, 0) is 0 Å². The number of methoxy groups -OCH3 is 1. The van der Waals surface area contributed by atoms with Crippen LogP contribution in [0.3, 0.4) is 0 Å². The molecule has 1 atom stereocenters. The van der Waals surface area contributed by atoms with E-state index < -0.39 is 0 Å². The van der Waals surface area contributed by atoms with Gasteiger partial charge in [-0.05, 0) is 59.7 Å². The number of nitrogens with zero attached hydrogens (tertiary/aromatic N) is 1. The predicted octanol–water partition coefficient (Wildman–Crippen LogP) is 3.96. The highest BCUT2D eigenvalue weighted by atomic mass is 32.1. The molecule has 24 heavy (non-hydrogen) atoms. The number of ether oxygens (including phenoxy) is 1. The Morgan fingerprint density at radius 3 is 2.46 bits per heavy atom. The van der Waals surface area contributed by atoms with Crippen LogP contribution in [0, 0.1) is 0 Å². The molecule has 1 aromatic heterocycles. The number of carbonyl (C=O) groups is 1. The first-order valence-electron chi connectivity index (χ1n) is 8.13. The minimum atomic E-state index is -0.201. The van der Waals surface area contributed by atoms with Gasteiger partial charge in [-0.15, -0.1) is 0 Å². The Morgan fingerprint density at radius 1 is 1.21 bits per heavy atom. The molecule has 1 aromatic carbocycles. The van der Waals surface area contributed by atoms with Crippen LogP contribution in [-0.4, -0.2) is 37.7 Å². The predicted molar refractivity (Wildman–Crippen MR) is 100.0 cm³/mol. The van der Waals surface area contributed by atoms with Gasteiger partial charge >= 0.3 is 6.03 Å². The van der Waals surface area contributed by atoms with Crippen LogP contribution in [0.2, 0.25) is 0 Å². The van der Waals surface area contributed by atoms with Gasteiger partial charge in [-0.1, -0.05) is 13.8 Å². The smallest absolute Gasteiger partial charge is 0.319 e. The second-order valence-electron chi connectivity index (χ2n) is 5.36. The SMILES string of the molecule is CCN(CC)[C@H](CNC(=O)Nc1ccc(OC)cc1)c1ccsc1. The zero-order chi connectivity index (χ0) is 17.4. The van der Waals surface area contributed by atoms with E-state index in [4.69, 9.17) is 4.74 Å². The Morgan fingerprint density at radius 2 is 1.92 bits per heavy atom. The Hall–Kier alpha value is -2.05. The molecule has 0 fully saturated rings. The molecule has 2 aromatic rings. The van der Waals surface area contributed by atoms with E-state index in [-0.39, 0.29) is 12.1 Å². The molecule has 1 heterocycles. The molecule has 0 radical (unpaired) electrons. The molecule has 2 N–H and O–H groups in total. The van der Waals surface area contributed by atoms with Crippen LogP contribution in [0.1, 0.15) is 25.5 Å². The maximum Gasteiger partial charge on any atom is 0.319 e. The number of urea groups is 1. The van der Waals surface area contributed by atoms with Crippen molar-refractivity contribution < 1.29 is 9.53 Å². The average molecular weight is 347 g/mol. The summed E-state index contributed by atoms with van der Waals surface area (Å²) in [6.45, 7) is 6.73. The fourth-order valence-electron chi connectivity index (χ4n) is 2.63. The van der Waals surface area contributed by atoms with E-state index >= 15 is 0 Å². The summed E-state index contributed by atoms with van der Waals surface area (Å²) >= 11 is 1.68. The fourth-order valence-corrected chi connectivity index (χ4v) is 3.33. The standard InChI is InChI=1S/C18H25N3O2S/c1-4-21(5-2)17(14-10-11-24-13-14)12-19-18(22)20-15-6-8-16(23-3)9-7-15/h6-11,13,17H,4-5,12H2,1-3H3,(H2,19,20,22)/t17-/m1/s1. The number of benzene rings is 1. The van der Waals surface area contributed by atoms with E-state index in [1.54, 1.807) is 18.4 Å². The van der Waals surface area contributed by atoms with Crippen LogP contribution in [0.15, 0.2) is 41.1 Å². The largest absolute Gasteiger partial charge is 0.497 e. The maximum absolute atomic E-state index is 12.2. The third-order valence-electron chi connectivity index (χ3n) is 3.98. The van der Waals surface area contributed by atoms with Gasteiger partial charge in [0, 0.05) is 12.2 Å². The normalized spacial score (nSPS) is 12.0. The number of amides is 2. The monoisotopic (exact) mass is 347 g/mol. The van der Waals surface area contributed by atoms with Crippen molar-refractivity contribution >= 4 is 23.1 Å². The number of rotatable bonds is 8. The minimum absolute atomic E-state index is 0.188. The Kier molecular flexibility index (Phi) is 7.08. The van der Waals surface area contributed by atoms with Crippen LogP contribution < -0.4 is 15.4 Å². The van der Waals surface area contributed by atoms with Crippen LogP contribution in [0.25, 0.3) is 0 Å². The van der Waals surface area contributed by atoms with Gasteiger partial charge in [0.05, 0.1) is 13.2 Å². The summed E-state index contributed by atoms with van der Waals surface area (Å²) in [6.07, 6.45) is 0. The van der Waals surface area contributed by atoms with Crippen molar-refractivity contribution in [2.75, 3.05) is 32.1 Å². The van der Waals surface area contributed by atoms with Crippen molar-refractivity contribution in [1.29, 1.82) is 0 Å². The summed E-state index contributed by atoms with van der Waals surface area (Å²) in [6, 6.07) is 9.38. The molecule has 0 bridgehead atoms. The van der Waals surface area contributed by atoms with Gasteiger partial charge in [0.1, 0.15) is 5.75 Å². The molecule has 2 amide bonds. The first-order valence-corrected chi connectivity index (χ1v) is 9.07. The molecule has 5 nitrogen and oxygen atoms in total. The number of anilines is 1.